The molecule has 2 aromatic carbocycles. The molecule has 5 heteroatoms. The SMILES string of the molecule is COc1ccc(N2CCN(c3c(N)cccc3Cl)CC2)cc1. The van der Waals surface area contributed by atoms with Crippen LogP contribution in [0.4, 0.5) is 17.1 Å². The molecule has 0 aromatic heterocycles. The largest absolute Gasteiger partial charge is 0.497 e. The number of anilines is 3. The molecule has 0 saturated carbocycles. The summed E-state index contributed by atoms with van der Waals surface area (Å²) in [5, 5.41) is 0.720. The first kappa shape index (κ1) is 14.9. The predicted molar refractivity (Wildman–Crippen MR) is 93.3 cm³/mol. The van der Waals surface area contributed by atoms with E-state index in [-0.39, 0.29) is 0 Å². The molecule has 4 nitrogen and oxygen atoms in total. The molecule has 0 bridgehead atoms. The minimum atomic E-state index is 0.720. The average molecular weight is 318 g/mol. The lowest BCUT2D eigenvalue weighted by Crippen LogP contribution is -2.46. The average Bonchev–Trinajstić information content (AvgIpc) is 2.55. The molecular formula is C17H20ClN3O. The van der Waals surface area contributed by atoms with Crippen LogP contribution >= 0.6 is 11.6 Å². The molecule has 3 rings (SSSR count). The lowest BCUT2D eigenvalue weighted by atomic mass is 10.2. The van der Waals surface area contributed by atoms with Crippen LogP contribution in [-0.4, -0.2) is 33.3 Å². The fourth-order valence-corrected chi connectivity index (χ4v) is 3.15. The van der Waals surface area contributed by atoms with Crippen LogP contribution in [0.5, 0.6) is 5.75 Å². The summed E-state index contributed by atoms with van der Waals surface area (Å²) in [6.45, 7) is 3.69. The quantitative estimate of drug-likeness (QED) is 0.882. The van der Waals surface area contributed by atoms with Gasteiger partial charge in [-0.15, -0.1) is 0 Å². The normalized spacial score (nSPS) is 15.0. The van der Waals surface area contributed by atoms with E-state index in [2.05, 4.69) is 21.9 Å². The molecular weight excluding hydrogens is 298 g/mol. The summed E-state index contributed by atoms with van der Waals surface area (Å²) in [4.78, 5) is 4.63. The molecule has 22 heavy (non-hydrogen) atoms. The number of hydrogen-bond donors (Lipinski definition) is 1. The molecule has 0 unspecified atom stereocenters. The van der Waals surface area contributed by atoms with Gasteiger partial charge < -0.3 is 20.3 Å². The number of nitrogens with zero attached hydrogens (tertiary/aromatic N) is 2. The molecule has 1 aliphatic heterocycles. The van der Waals surface area contributed by atoms with Crippen molar-refractivity contribution in [3.8, 4) is 5.75 Å². The van der Waals surface area contributed by atoms with Gasteiger partial charge in [0.2, 0.25) is 0 Å². The van der Waals surface area contributed by atoms with Gasteiger partial charge in [-0.1, -0.05) is 17.7 Å². The first-order chi connectivity index (χ1) is 10.7. The highest BCUT2D eigenvalue weighted by molar-refractivity contribution is 6.34. The number of ether oxygens (including phenoxy) is 1. The fourth-order valence-electron chi connectivity index (χ4n) is 2.85. The summed E-state index contributed by atoms with van der Waals surface area (Å²) >= 11 is 6.30. The highest BCUT2D eigenvalue weighted by atomic mass is 35.5. The molecule has 0 spiro atoms. The van der Waals surface area contributed by atoms with E-state index in [1.165, 1.54) is 5.69 Å². The zero-order chi connectivity index (χ0) is 15.5. The Bertz CT molecular complexity index is 617. The van der Waals surface area contributed by atoms with E-state index in [9.17, 15) is 0 Å². The van der Waals surface area contributed by atoms with Gasteiger partial charge in [0.1, 0.15) is 5.75 Å². The second kappa shape index (κ2) is 6.36. The number of rotatable bonds is 3. The Morgan fingerprint density at radius 1 is 0.955 bits per heavy atom. The van der Waals surface area contributed by atoms with Crippen molar-refractivity contribution in [1.29, 1.82) is 0 Å². The highest BCUT2D eigenvalue weighted by Crippen LogP contribution is 2.33. The van der Waals surface area contributed by atoms with Crippen molar-refractivity contribution in [2.45, 2.75) is 0 Å². The van der Waals surface area contributed by atoms with Crippen molar-refractivity contribution in [3.05, 3.63) is 47.5 Å². The summed E-state index contributed by atoms with van der Waals surface area (Å²) < 4.78 is 5.20. The predicted octanol–water partition coefficient (Wildman–Crippen LogP) is 3.26. The van der Waals surface area contributed by atoms with Crippen LogP contribution in [0.2, 0.25) is 5.02 Å². The zero-order valence-corrected chi connectivity index (χ0v) is 13.4. The fraction of sp³-hybridized carbons (Fsp3) is 0.294. The third-order valence-corrected chi connectivity index (χ3v) is 4.36. The molecule has 0 aliphatic carbocycles. The van der Waals surface area contributed by atoms with Gasteiger partial charge in [0, 0.05) is 31.9 Å². The molecule has 2 aromatic rings. The Labute approximate surface area is 136 Å². The Balaban J connectivity index is 1.69. The molecule has 2 N–H and O–H groups in total. The second-order valence-electron chi connectivity index (χ2n) is 5.35. The van der Waals surface area contributed by atoms with Crippen molar-refractivity contribution in [3.63, 3.8) is 0 Å². The first-order valence-electron chi connectivity index (χ1n) is 7.37. The van der Waals surface area contributed by atoms with Crippen molar-refractivity contribution in [2.24, 2.45) is 0 Å². The van der Waals surface area contributed by atoms with Gasteiger partial charge in [0.05, 0.1) is 23.5 Å². The molecule has 0 amide bonds. The standard InChI is InChI=1S/C17H20ClN3O/c1-22-14-7-5-13(6-8-14)20-9-11-21(12-10-20)17-15(18)3-2-4-16(17)19/h2-8H,9-12,19H2,1H3. The van der Waals surface area contributed by atoms with E-state index in [1.54, 1.807) is 7.11 Å². The summed E-state index contributed by atoms with van der Waals surface area (Å²) in [7, 11) is 1.68. The maximum Gasteiger partial charge on any atom is 0.119 e. The Hall–Kier alpha value is -2.07. The van der Waals surface area contributed by atoms with E-state index < -0.39 is 0 Å². The van der Waals surface area contributed by atoms with Crippen LogP contribution in [0.25, 0.3) is 0 Å². The van der Waals surface area contributed by atoms with E-state index in [4.69, 9.17) is 22.1 Å². The second-order valence-corrected chi connectivity index (χ2v) is 5.76. The topological polar surface area (TPSA) is 41.7 Å². The monoisotopic (exact) mass is 317 g/mol. The summed E-state index contributed by atoms with van der Waals surface area (Å²) in [5.74, 6) is 0.881. The summed E-state index contributed by atoms with van der Waals surface area (Å²) in [5.41, 5.74) is 8.99. The van der Waals surface area contributed by atoms with Crippen LogP contribution < -0.4 is 20.3 Å². The van der Waals surface area contributed by atoms with Crippen molar-refractivity contribution in [1.82, 2.24) is 0 Å². The third kappa shape index (κ3) is 2.92. The minimum absolute atomic E-state index is 0.720. The van der Waals surface area contributed by atoms with Crippen LogP contribution in [0.1, 0.15) is 0 Å². The van der Waals surface area contributed by atoms with Crippen LogP contribution in [-0.2, 0) is 0 Å². The van der Waals surface area contributed by atoms with Gasteiger partial charge in [-0.3, -0.25) is 0 Å². The zero-order valence-electron chi connectivity index (χ0n) is 12.6. The Morgan fingerprint density at radius 3 is 2.18 bits per heavy atom. The molecule has 0 radical (unpaired) electrons. The number of nitrogen functional groups attached to an aromatic ring is 1. The maximum absolute atomic E-state index is 6.30. The van der Waals surface area contributed by atoms with Gasteiger partial charge in [0.15, 0.2) is 0 Å². The first-order valence-corrected chi connectivity index (χ1v) is 7.75. The molecule has 116 valence electrons. The van der Waals surface area contributed by atoms with Crippen molar-refractivity contribution < 1.29 is 4.74 Å². The van der Waals surface area contributed by atoms with Gasteiger partial charge >= 0.3 is 0 Å². The number of piperazine rings is 1. The van der Waals surface area contributed by atoms with Gasteiger partial charge in [-0.25, -0.2) is 0 Å². The van der Waals surface area contributed by atoms with Crippen molar-refractivity contribution >= 4 is 28.7 Å². The number of halogens is 1. The molecule has 1 saturated heterocycles. The lowest BCUT2D eigenvalue weighted by molar-refractivity contribution is 0.415. The highest BCUT2D eigenvalue weighted by Gasteiger charge is 2.20. The van der Waals surface area contributed by atoms with Crippen LogP contribution in [0.15, 0.2) is 42.5 Å². The summed E-state index contributed by atoms with van der Waals surface area (Å²) in [6.07, 6.45) is 0. The van der Waals surface area contributed by atoms with Gasteiger partial charge in [-0.2, -0.15) is 0 Å². The lowest BCUT2D eigenvalue weighted by Gasteiger charge is -2.38. The minimum Gasteiger partial charge on any atom is -0.497 e. The van der Waals surface area contributed by atoms with Crippen LogP contribution in [0, 0.1) is 0 Å². The number of para-hydroxylation sites is 1. The molecule has 1 fully saturated rings. The Kier molecular flexibility index (Phi) is 4.29. The number of nitrogens with two attached hydrogens (primary N) is 1. The van der Waals surface area contributed by atoms with E-state index >= 15 is 0 Å². The number of methoxy groups -OCH3 is 1. The Morgan fingerprint density at radius 2 is 1.59 bits per heavy atom. The number of benzene rings is 2. The molecule has 1 aliphatic rings. The molecule has 1 heterocycles. The number of hydrogen-bond acceptors (Lipinski definition) is 4. The van der Waals surface area contributed by atoms with E-state index in [0.29, 0.717) is 0 Å². The van der Waals surface area contributed by atoms with Crippen LogP contribution in [0.3, 0.4) is 0 Å². The maximum atomic E-state index is 6.30. The van der Waals surface area contributed by atoms with Crippen molar-refractivity contribution in [2.75, 3.05) is 48.8 Å². The smallest absolute Gasteiger partial charge is 0.119 e. The van der Waals surface area contributed by atoms with Gasteiger partial charge in [-0.05, 0) is 36.4 Å². The molecule has 0 atom stereocenters. The van der Waals surface area contributed by atoms with E-state index in [0.717, 1.165) is 48.3 Å². The van der Waals surface area contributed by atoms with Gasteiger partial charge in [0.25, 0.3) is 0 Å². The third-order valence-electron chi connectivity index (χ3n) is 4.05. The van der Waals surface area contributed by atoms with E-state index in [1.807, 2.05) is 30.3 Å². The summed E-state index contributed by atoms with van der Waals surface area (Å²) in [6, 6.07) is 13.9.